The van der Waals surface area contributed by atoms with E-state index in [1.807, 2.05) is 20.8 Å². The first-order valence-electron chi connectivity index (χ1n) is 8.14. The van der Waals surface area contributed by atoms with E-state index in [9.17, 15) is 23.4 Å². The minimum absolute atomic E-state index is 0.120. The third-order valence-electron chi connectivity index (χ3n) is 4.99. The highest BCUT2D eigenvalue weighted by molar-refractivity contribution is 7.89. The first-order chi connectivity index (χ1) is 11.1. The van der Waals surface area contributed by atoms with Gasteiger partial charge in [0.15, 0.2) is 0 Å². The number of nitrogens with zero attached hydrogens (tertiary/aromatic N) is 1. The van der Waals surface area contributed by atoms with E-state index < -0.39 is 27.5 Å². The van der Waals surface area contributed by atoms with Crippen LogP contribution in [0.5, 0.6) is 0 Å². The SMILES string of the molecule is CCC[C@]1(C(=O)O)CN(S(=O)(=O)c2ccc(C)c(C)c2)CC[C@@H]1O. The molecule has 6 nitrogen and oxygen atoms in total. The molecule has 134 valence electrons. The van der Waals surface area contributed by atoms with Crippen molar-refractivity contribution < 1.29 is 23.4 Å². The topological polar surface area (TPSA) is 94.9 Å². The number of aliphatic hydroxyl groups excluding tert-OH is 1. The largest absolute Gasteiger partial charge is 0.481 e. The van der Waals surface area contributed by atoms with Gasteiger partial charge in [0.05, 0.1) is 11.0 Å². The second kappa shape index (κ2) is 6.82. The van der Waals surface area contributed by atoms with Crippen molar-refractivity contribution in [1.29, 1.82) is 0 Å². The fourth-order valence-corrected chi connectivity index (χ4v) is 4.89. The molecule has 2 rings (SSSR count). The Morgan fingerprint density at radius 1 is 1.33 bits per heavy atom. The number of carbonyl (C=O) groups is 1. The maximum Gasteiger partial charge on any atom is 0.313 e. The Morgan fingerprint density at radius 3 is 2.54 bits per heavy atom. The summed E-state index contributed by atoms with van der Waals surface area (Å²) in [5, 5.41) is 19.9. The Bertz CT molecular complexity index is 730. The fraction of sp³-hybridized carbons (Fsp3) is 0.588. The predicted octanol–water partition coefficient (Wildman–Crippen LogP) is 1.93. The van der Waals surface area contributed by atoms with Crippen LogP contribution in [0.25, 0.3) is 0 Å². The summed E-state index contributed by atoms with van der Waals surface area (Å²) in [6.45, 7) is 5.49. The second-order valence-corrected chi connectivity index (χ2v) is 8.54. The normalized spacial score (nSPS) is 25.6. The Hall–Kier alpha value is -1.44. The zero-order valence-corrected chi connectivity index (χ0v) is 15.1. The van der Waals surface area contributed by atoms with Crippen LogP contribution in [0.4, 0.5) is 0 Å². The average molecular weight is 355 g/mol. The summed E-state index contributed by atoms with van der Waals surface area (Å²) in [6.07, 6.45) is -0.124. The van der Waals surface area contributed by atoms with Gasteiger partial charge in [-0.3, -0.25) is 4.79 Å². The molecule has 0 saturated carbocycles. The van der Waals surface area contributed by atoms with Gasteiger partial charge in [-0.05, 0) is 49.9 Å². The minimum atomic E-state index is -3.79. The van der Waals surface area contributed by atoms with Crippen LogP contribution in [-0.4, -0.2) is 48.1 Å². The van der Waals surface area contributed by atoms with Crippen molar-refractivity contribution in [3.05, 3.63) is 29.3 Å². The van der Waals surface area contributed by atoms with Crippen LogP contribution in [0.3, 0.4) is 0 Å². The van der Waals surface area contributed by atoms with Gasteiger partial charge in [0.2, 0.25) is 10.0 Å². The number of aliphatic hydroxyl groups is 1. The standard InChI is InChI=1S/C17H25NO5S/c1-4-8-17(16(20)21)11-18(9-7-15(17)19)24(22,23)14-6-5-12(2)13(3)10-14/h5-6,10,15,19H,4,7-9,11H2,1-3H3,(H,20,21)/t15-,17-/m0/s1. The number of piperidine rings is 1. The lowest BCUT2D eigenvalue weighted by atomic mass is 9.74. The molecule has 0 aromatic heterocycles. The van der Waals surface area contributed by atoms with Crippen LogP contribution >= 0.6 is 0 Å². The molecule has 2 N–H and O–H groups in total. The maximum absolute atomic E-state index is 12.9. The maximum atomic E-state index is 12.9. The van der Waals surface area contributed by atoms with E-state index in [-0.39, 0.29) is 30.8 Å². The Balaban J connectivity index is 2.40. The van der Waals surface area contributed by atoms with Crippen LogP contribution in [0, 0.1) is 19.3 Å². The highest BCUT2D eigenvalue weighted by atomic mass is 32.2. The molecule has 1 saturated heterocycles. The smallest absolute Gasteiger partial charge is 0.313 e. The second-order valence-electron chi connectivity index (χ2n) is 6.60. The van der Waals surface area contributed by atoms with E-state index >= 15 is 0 Å². The third kappa shape index (κ3) is 3.20. The van der Waals surface area contributed by atoms with Gasteiger partial charge in [0.1, 0.15) is 5.41 Å². The predicted molar refractivity (Wildman–Crippen MR) is 90.3 cm³/mol. The monoisotopic (exact) mass is 355 g/mol. The summed E-state index contributed by atoms with van der Waals surface area (Å²) in [6, 6.07) is 4.90. The van der Waals surface area contributed by atoms with E-state index in [0.29, 0.717) is 6.42 Å². The molecule has 1 aliphatic heterocycles. The Labute approximate surface area is 143 Å². The quantitative estimate of drug-likeness (QED) is 0.841. The lowest BCUT2D eigenvalue weighted by Gasteiger charge is -2.42. The van der Waals surface area contributed by atoms with Gasteiger partial charge in [0.25, 0.3) is 0 Å². The summed E-state index contributed by atoms with van der Waals surface area (Å²) in [5.74, 6) is -1.14. The molecule has 0 radical (unpaired) electrons. The van der Waals surface area contributed by atoms with Crippen LogP contribution in [0.1, 0.15) is 37.3 Å². The number of carboxylic acid groups (broad SMARTS) is 1. The van der Waals surface area contributed by atoms with Gasteiger partial charge in [-0.1, -0.05) is 19.4 Å². The molecule has 1 fully saturated rings. The van der Waals surface area contributed by atoms with Crippen molar-refractivity contribution >= 4 is 16.0 Å². The Morgan fingerprint density at radius 2 is 2.00 bits per heavy atom. The number of aryl methyl sites for hydroxylation is 2. The lowest BCUT2D eigenvalue weighted by molar-refractivity contribution is -0.161. The molecular formula is C17H25NO5S. The van der Waals surface area contributed by atoms with Crippen molar-refractivity contribution in [2.24, 2.45) is 5.41 Å². The molecule has 1 aliphatic rings. The Kier molecular flexibility index (Phi) is 5.37. The van der Waals surface area contributed by atoms with Gasteiger partial charge in [-0.25, -0.2) is 8.42 Å². The zero-order chi connectivity index (χ0) is 18.1. The highest BCUT2D eigenvalue weighted by Crippen LogP contribution is 2.37. The van der Waals surface area contributed by atoms with Gasteiger partial charge in [-0.15, -0.1) is 0 Å². The molecule has 1 heterocycles. The molecule has 24 heavy (non-hydrogen) atoms. The number of hydrogen-bond acceptors (Lipinski definition) is 4. The van der Waals surface area contributed by atoms with Gasteiger partial charge < -0.3 is 10.2 Å². The minimum Gasteiger partial charge on any atom is -0.481 e. The number of aliphatic carboxylic acids is 1. The summed E-state index contributed by atoms with van der Waals surface area (Å²) in [5.41, 5.74) is 0.417. The number of hydrogen-bond donors (Lipinski definition) is 2. The van der Waals surface area contributed by atoms with Crippen LogP contribution in [-0.2, 0) is 14.8 Å². The fourth-order valence-electron chi connectivity index (χ4n) is 3.28. The first-order valence-corrected chi connectivity index (χ1v) is 9.58. The summed E-state index contributed by atoms with van der Waals surface area (Å²) < 4.78 is 27.0. The zero-order valence-electron chi connectivity index (χ0n) is 14.3. The van der Waals surface area contributed by atoms with Gasteiger partial charge in [-0.2, -0.15) is 4.31 Å². The first kappa shape index (κ1) is 18.9. The molecular weight excluding hydrogens is 330 g/mol. The molecule has 1 aromatic carbocycles. The van der Waals surface area contributed by atoms with Crippen molar-refractivity contribution in [1.82, 2.24) is 4.31 Å². The summed E-state index contributed by atoms with van der Waals surface area (Å²) in [4.78, 5) is 12.0. The molecule has 1 aromatic rings. The molecule has 0 unspecified atom stereocenters. The van der Waals surface area contributed by atoms with Crippen LogP contribution < -0.4 is 0 Å². The molecule has 2 atom stereocenters. The number of rotatable bonds is 5. The van der Waals surface area contributed by atoms with Crippen molar-refractivity contribution in [3.63, 3.8) is 0 Å². The highest BCUT2D eigenvalue weighted by Gasteiger charge is 2.50. The lowest BCUT2D eigenvalue weighted by Crippen LogP contribution is -2.57. The third-order valence-corrected chi connectivity index (χ3v) is 6.83. The molecule has 0 aliphatic carbocycles. The van der Waals surface area contributed by atoms with E-state index in [1.54, 1.807) is 18.2 Å². The van der Waals surface area contributed by atoms with Crippen molar-refractivity contribution in [2.75, 3.05) is 13.1 Å². The van der Waals surface area contributed by atoms with E-state index in [1.165, 1.54) is 4.31 Å². The number of carboxylic acids is 1. The van der Waals surface area contributed by atoms with Crippen molar-refractivity contribution in [2.45, 2.75) is 51.0 Å². The average Bonchev–Trinajstić information content (AvgIpc) is 2.51. The molecule has 7 heteroatoms. The molecule has 0 spiro atoms. The van der Waals surface area contributed by atoms with E-state index in [4.69, 9.17) is 0 Å². The molecule has 0 amide bonds. The number of sulfonamides is 1. The van der Waals surface area contributed by atoms with E-state index in [2.05, 4.69) is 0 Å². The summed E-state index contributed by atoms with van der Waals surface area (Å²) in [7, 11) is -3.79. The van der Waals surface area contributed by atoms with Gasteiger partial charge >= 0.3 is 5.97 Å². The summed E-state index contributed by atoms with van der Waals surface area (Å²) >= 11 is 0. The molecule has 0 bridgehead atoms. The number of benzene rings is 1. The van der Waals surface area contributed by atoms with Gasteiger partial charge in [0, 0.05) is 13.1 Å². The van der Waals surface area contributed by atoms with Crippen LogP contribution in [0.2, 0.25) is 0 Å². The van der Waals surface area contributed by atoms with Crippen LogP contribution in [0.15, 0.2) is 23.1 Å². The van der Waals surface area contributed by atoms with E-state index in [0.717, 1.165) is 11.1 Å². The van der Waals surface area contributed by atoms with Crippen molar-refractivity contribution in [3.8, 4) is 0 Å².